The topological polar surface area (TPSA) is 91.6 Å². The Hall–Kier alpha value is -3.56. The third kappa shape index (κ3) is 5.08. The first kappa shape index (κ1) is 26.1. The minimum atomic E-state index is -0.493. The summed E-state index contributed by atoms with van der Waals surface area (Å²) >= 11 is 7.41. The molecule has 10 heteroatoms. The molecular formula is C28H28ClN3O5S. The van der Waals surface area contributed by atoms with E-state index in [1.165, 1.54) is 20.5 Å². The van der Waals surface area contributed by atoms with Crippen LogP contribution in [0.25, 0.3) is 10.2 Å². The number of aromatic nitrogens is 2. The van der Waals surface area contributed by atoms with Crippen molar-refractivity contribution < 1.29 is 14.3 Å². The molecule has 2 aromatic carbocycles. The summed E-state index contributed by atoms with van der Waals surface area (Å²) in [6, 6.07) is 12.3. The molecule has 0 bridgehead atoms. The fourth-order valence-electron chi connectivity index (χ4n) is 4.91. The molecule has 5 rings (SSSR count). The largest absolute Gasteiger partial charge is 0.493 e. The molecule has 1 N–H and O–H groups in total. The van der Waals surface area contributed by atoms with E-state index >= 15 is 0 Å². The molecule has 1 aliphatic rings. The second-order valence-corrected chi connectivity index (χ2v) is 10.7. The van der Waals surface area contributed by atoms with Crippen molar-refractivity contribution in [2.45, 2.75) is 45.2 Å². The molecule has 198 valence electrons. The zero-order valence-electron chi connectivity index (χ0n) is 21.2. The van der Waals surface area contributed by atoms with Gasteiger partial charge in [-0.3, -0.25) is 18.7 Å². The molecule has 38 heavy (non-hydrogen) atoms. The number of ether oxygens (including phenoxy) is 2. The van der Waals surface area contributed by atoms with Crippen molar-refractivity contribution in [3.8, 4) is 11.5 Å². The number of carbonyl (C=O) groups excluding carboxylic acids is 1. The SMILES string of the molecule is COc1ccc(CCn2c(=O)c3c4c(sc3n(CC(=O)Nc3ccc(Cl)cc3)c2=O)CCCC4)cc1OC. The van der Waals surface area contributed by atoms with Crippen LogP contribution in [0.5, 0.6) is 11.5 Å². The van der Waals surface area contributed by atoms with Gasteiger partial charge in [0.05, 0.1) is 19.6 Å². The number of amides is 1. The molecule has 1 amide bonds. The van der Waals surface area contributed by atoms with Crippen molar-refractivity contribution in [2.75, 3.05) is 19.5 Å². The van der Waals surface area contributed by atoms with E-state index in [0.717, 1.165) is 41.7 Å². The van der Waals surface area contributed by atoms with Gasteiger partial charge < -0.3 is 14.8 Å². The molecule has 0 saturated heterocycles. The first-order valence-electron chi connectivity index (χ1n) is 12.4. The monoisotopic (exact) mass is 553 g/mol. The summed E-state index contributed by atoms with van der Waals surface area (Å²) < 4.78 is 13.4. The molecule has 2 heterocycles. The number of hydrogen-bond acceptors (Lipinski definition) is 6. The van der Waals surface area contributed by atoms with E-state index in [4.69, 9.17) is 21.1 Å². The van der Waals surface area contributed by atoms with Crippen LogP contribution in [0.1, 0.15) is 28.8 Å². The van der Waals surface area contributed by atoms with Crippen LogP contribution in [0.4, 0.5) is 5.69 Å². The maximum absolute atomic E-state index is 13.7. The second-order valence-electron chi connectivity index (χ2n) is 9.21. The maximum atomic E-state index is 13.7. The average molecular weight is 554 g/mol. The van der Waals surface area contributed by atoms with Gasteiger partial charge in [-0.2, -0.15) is 0 Å². The summed E-state index contributed by atoms with van der Waals surface area (Å²) in [5, 5.41) is 3.95. The number of fused-ring (bicyclic) bond motifs is 3. The number of methoxy groups -OCH3 is 2. The minimum absolute atomic E-state index is 0.173. The van der Waals surface area contributed by atoms with Crippen LogP contribution < -0.4 is 26.0 Å². The maximum Gasteiger partial charge on any atom is 0.332 e. The molecule has 2 aromatic heterocycles. The van der Waals surface area contributed by atoms with E-state index in [0.29, 0.717) is 38.8 Å². The molecule has 0 fully saturated rings. The highest BCUT2D eigenvalue weighted by molar-refractivity contribution is 7.18. The Balaban J connectivity index is 1.53. The molecule has 0 aliphatic heterocycles. The predicted molar refractivity (Wildman–Crippen MR) is 150 cm³/mol. The first-order valence-corrected chi connectivity index (χ1v) is 13.6. The Morgan fingerprint density at radius 1 is 1.00 bits per heavy atom. The molecular weight excluding hydrogens is 526 g/mol. The number of nitrogens with zero attached hydrogens (tertiary/aromatic N) is 2. The molecule has 0 radical (unpaired) electrons. The van der Waals surface area contributed by atoms with Crippen LogP contribution >= 0.6 is 22.9 Å². The summed E-state index contributed by atoms with van der Waals surface area (Å²) in [4.78, 5) is 42.1. The summed E-state index contributed by atoms with van der Waals surface area (Å²) in [7, 11) is 3.13. The van der Waals surface area contributed by atoms with Crippen LogP contribution in [0.3, 0.4) is 0 Å². The van der Waals surface area contributed by atoms with E-state index in [-0.39, 0.29) is 24.6 Å². The minimum Gasteiger partial charge on any atom is -0.493 e. The third-order valence-electron chi connectivity index (χ3n) is 6.82. The van der Waals surface area contributed by atoms with Crippen molar-refractivity contribution in [3.05, 3.63) is 84.3 Å². The van der Waals surface area contributed by atoms with Gasteiger partial charge in [-0.25, -0.2) is 4.79 Å². The lowest BCUT2D eigenvalue weighted by molar-refractivity contribution is -0.116. The van der Waals surface area contributed by atoms with Crippen molar-refractivity contribution in [1.29, 1.82) is 0 Å². The van der Waals surface area contributed by atoms with Gasteiger partial charge in [-0.05, 0) is 79.6 Å². The van der Waals surface area contributed by atoms with Crippen molar-refractivity contribution in [2.24, 2.45) is 0 Å². The molecule has 1 aliphatic carbocycles. The number of hydrogen-bond donors (Lipinski definition) is 1. The van der Waals surface area contributed by atoms with Gasteiger partial charge in [0.1, 0.15) is 11.4 Å². The van der Waals surface area contributed by atoms with Crippen molar-refractivity contribution in [3.63, 3.8) is 0 Å². The predicted octanol–water partition coefficient (Wildman–Crippen LogP) is 4.66. The number of aryl methyl sites for hydroxylation is 3. The molecule has 0 atom stereocenters. The van der Waals surface area contributed by atoms with Crippen LogP contribution in [0, 0.1) is 0 Å². The van der Waals surface area contributed by atoms with Gasteiger partial charge in [0.25, 0.3) is 5.56 Å². The van der Waals surface area contributed by atoms with Gasteiger partial charge in [0, 0.05) is 22.1 Å². The third-order valence-corrected chi connectivity index (χ3v) is 8.39. The van der Waals surface area contributed by atoms with Gasteiger partial charge in [-0.1, -0.05) is 17.7 Å². The highest BCUT2D eigenvalue weighted by atomic mass is 35.5. The first-order chi connectivity index (χ1) is 18.4. The van der Waals surface area contributed by atoms with Gasteiger partial charge in [0.2, 0.25) is 5.91 Å². The fraction of sp³-hybridized carbons (Fsp3) is 0.321. The Labute approximate surface area is 228 Å². The molecule has 0 spiro atoms. The molecule has 8 nitrogen and oxygen atoms in total. The number of halogens is 1. The van der Waals surface area contributed by atoms with E-state index < -0.39 is 5.69 Å². The van der Waals surface area contributed by atoms with Crippen molar-refractivity contribution in [1.82, 2.24) is 9.13 Å². The highest BCUT2D eigenvalue weighted by Crippen LogP contribution is 2.34. The number of thiophene rings is 1. The number of rotatable bonds is 8. The number of benzene rings is 2. The van der Waals surface area contributed by atoms with Crippen LogP contribution in [-0.4, -0.2) is 29.3 Å². The summed E-state index contributed by atoms with van der Waals surface area (Å²) in [5.74, 6) is 0.831. The molecule has 4 aromatic rings. The summed E-state index contributed by atoms with van der Waals surface area (Å²) in [6.45, 7) is -0.0273. The van der Waals surface area contributed by atoms with Crippen molar-refractivity contribution >= 4 is 44.7 Å². The van der Waals surface area contributed by atoms with E-state index in [2.05, 4.69) is 5.32 Å². The lowest BCUT2D eigenvalue weighted by Crippen LogP contribution is -2.42. The van der Waals surface area contributed by atoms with E-state index in [1.54, 1.807) is 44.6 Å². The van der Waals surface area contributed by atoms with Gasteiger partial charge in [0.15, 0.2) is 11.5 Å². The van der Waals surface area contributed by atoms with E-state index in [1.807, 2.05) is 12.1 Å². The standard InChI is InChI=1S/C28H28ClN3O5S/c1-36-21-12-7-17(15-22(21)37-2)13-14-31-26(34)25-20-5-3-4-6-23(20)38-27(25)32(28(31)35)16-24(33)30-19-10-8-18(29)9-11-19/h7-12,15H,3-6,13-14,16H2,1-2H3,(H,30,33). The van der Waals surface area contributed by atoms with Crippen LogP contribution in [0.15, 0.2) is 52.1 Å². The average Bonchev–Trinajstić information content (AvgIpc) is 3.32. The Kier molecular flexibility index (Phi) is 7.58. The van der Waals surface area contributed by atoms with Gasteiger partial charge in [-0.15, -0.1) is 11.3 Å². The quantitative estimate of drug-likeness (QED) is 0.343. The lowest BCUT2D eigenvalue weighted by atomic mass is 9.97. The second kappa shape index (κ2) is 11.0. The lowest BCUT2D eigenvalue weighted by Gasteiger charge is -2.14. The molecule has 0 unspecified atom stereocenters. The summed E-state index contributed by atoms with van der Waals surface area (Å²) in [6.07, 6.45) is 4.17. The Morgan fingerprint density at radius 3 is 2.47 bits per heavy atom. The van der Waals surface area contributed by atoms with Crippen LogP contribution in [0.2, 0.25) is 5.02 Å². The highest BCUT2D eigenvalue weighted by Gasteiger charge is 2.24. The molecule has 0 saturated carbocycles. The number of nitrogens with one attached hydrogen (secondary N) is 1. The smallest absolute Gasteiger partial charge is 0.332 e. The Bertz CT molecular complexity index is 1620. The normalized spacial score (nSPS) is 12.8. The summed E-state index contributed by atoms with van der Waals surface area (Å²) in [5.41, 5.74) is 1.71. The van der Waals surface area contributed by atoms with Crippen LogP contribution in [-0.2, 0) is 37.1 Å². The Morgan fingerprint density at radius 2 is 1.74 bits per heavy atom. The number of anilines is 1. The van der Waals surface area contributed by atoms with E-state index in [9.17, 15) is 14.4 Å². The van der Waals surface area contributed by atoms with Gasteiger partial charge >= 0.3 is 5.69 Å². The number of carbonyl (C=O) groups is 1. The zero-order chi connectivity index (χ0) is 26.8. The fourth-order valence-corrected chi connectivity index (χ4v) is 6.41. The zero-order valence-corrected chi connectivity index (χ0v) is 22.8.